The zero-order chi connectivity index (χ0) is 16.8. The highest BCUT2D eigenvalue weighted by Crippen LogP contribution is 2.40. The number of ether oxygens (including phenoxy) is 4. The molecule has 0 aliphatic rings. The molecule has 6 heteroatoms. The van der Waals surface area contributed by atoms with E-state index in [9.17, 15) is 4.79 Å². The van der Waals surface area contributed by atoms with Crippen molar-refractivity contribution in [2.24, 2.45) is 0 Å². The van der Waals surface area contributed by atoms with Gasteiger partial charge >= 0.3 is 5.97 Å². The van der Waals surface area contributed by atoms with E-state index in [1.165, 1.54) is 21.3 Å². The Morgan fingerprint density at radius 1 is 0.957 bits per heavy atom. The van der Waals surface area contributed by atoms with E-state index >= 15 is 0 Å². The molecular weight excluding hydrogens is 320 g/mol. The van der Waals surface area contributed by atoms with Crippen molar-refractivity contribution in [3.05, 3.63) is 52.5 Å². The Morgan fingerprint density at radius 3 is 2.26 bits per heavy atom. The molecule has 2 rings (SSSR count). The predicted molar refractivity (Wildman–Crippen MR) is 86.7 cm³/mol. The van der Waals surface area contributed by atoms with Crippen molar-refractivity contribution in [2.45, 2.75) is 6.61 Å². The number of hydrogen-bond donors (Lipinski definition) is 0. The van der Waals surface area contributed by atoms with Gasteiger partial charge in [0.05, 0.1) is 21.3 Å². The summed E-state index contributed by atoms with van der Waals surface area (Å²) in [6.45, 7) is 0.0655. The lowest BCUT2D eigenvalue weighted by atomic mass is 10.1. The van der Waals surface area contributed by atoms with Crippen LogP contribution in [0, 0.1) is 0 Å². The number of carbonyl (C=O) groups excluding carboxylic acids is 1. The molecule has 0 aliphatic carbocycles. The van der Waals surface area contributed by atoms with E-state index in [0.717, 1.165) is 5.56 Å². The Balaban J connectivity index is 2.24. The average molecular weight is 337 g/mol. The minimum absolute atomic E-state index is 0.0655. The third kappa shape index (κ3) is 3.68. The van der Waals surface area contributed by atoms with Gasteiger partial charge in [-0.2, -0.15) is 0 Å². The molecule has 0 unspecified atom stereocenters. The van der Waals surface area contributed by atoms with Crippen LogP contribution < -0.4 is 14.2 Å². The number of benzene rings is 2. The Morgan fingerprint density at radius 2 is 1.65 bits per heavy atom. The van der Waals surface area contributed by atoms with Gasteiger partial charge in [0.1, 0.15) is 12.2 Å². The van der Waals surface area contributed by atoms with Gasteiger partial charge in [0.2, 0.25) is 5.75 Å². The minimum Gasteiger partial charge on any atom is -0.493 e. The zero-order valence-electron chi connectivity index (χ0n) is 13.1. The fraction of sp³-hybridized carbons (Fsp3) is 0.235. The summed E-state index contributed by atoms with van der Waals surface area (Å²) < 4.78 is 21.0. The minimum atomic E-state index is -0.539. The Hall–Kier alpha value is -2.40. The summed E-state index contributed by atoms with van der Waals surface area (Å²) in [5, 5.41) is 0.541. The summed E-state index contributed by atoms with van der Waals surface area (Å²) in [6, 6.07) is 10.3. The van der Waals surface area contributed by atoms with Crippen LogP contribution in [-0.2, 0) is 11.3 Å². The molecule has 0 spiro atoms. The van der Waals surface area contributed by atoms with Gasteiger partial charge < -0.3 is 18.9 Å². The van der Waals surface area contributed by atoms with Crippen molar-refractivity contribution in [3.63, 3.8) is 0 Å². The fourth-order valence-electron chi connectivity index (χ4n) is 2.10. The van der Waals surface area contributed by atoms with Crippen LogP contribution in [0.25, 0.3) is 0 Å². The maximum absolute atomic E-state index is 12.3. The van der Waals surface area contributed by atoms with Crippen LogP contribution in [0.15, 0.2) is 36.4 Å². The number of methoxy groups -OCH3 is 3. The summed E-state index contributed by atoms with van der Waals surface area (Å²) >= 11 is 6.05. The van der Waals surface area contributed by atoms with E-state index in [4.69, 9.17) is 30.5 Å². The van der Waals surface area contributed by atoms with Crippen molar-refractivity contribution in [2.75, 3.05) is 21.3 Å². The summed E-state index contributed by atoms with van der Waals surface area (Å²) in [7, 11) is 4.42. The van der Waals surface area contributed by atoms with Gasteiger partial charge in [-0.1, -0.05) is 29.8 Å². The van der Waals surface area contributed by atoms with Crippen LogP contribution in [0.1, 0.15) is 15.9 Å². The standard InChI is InChI=1S/C17H17ClO5/c1-20-14-9-8-12(15(21-2)16(14)22-3)17(19)23-10-11-6-4-5-7-13(11)18/h4-9H,10H2,1-3H3. The molecule has 122 valence electrons. The number of esters is 1. The lowest BCUT2D eigenvalue weighted by Gasteiger charge is -2.15. The molecule has 0 fully saturated rings. The SMILES string of the molecule is COc1ccc(C(=O)OCc2ccccc2Cl)c(OC)c1OC. The summed E-state index contributed by atoms with van der Waals surface area (Å²) in [5.41, 5.74) is 0.971. The van der Waals surface area contributed by atoms with Crippen molar-refractivity contribution < 1.29 is 23.7 Å². The van der Waals surface area contributed by atoms with Crippen LogP contribution in [-0.4, -0.2) is 27.3 Å². The molecule has 0 saturated carbocycles. The molecular formula is C17H17ClO5. The van der Waals surface area contributed by atoms with Gasteiger partial charge in [-0.05, 0) is 18.2 Å². The predicted octanol–water partition coefficient (Wildman–Crippen LogP) is 3.72. The molecule has 0 bridgehead atoms. The molecule has 23 heavy (non-hydrogen) atoms. The first kappa shape index (κ1) is 17.0. The van der Waals surface area contributed by atoms with Gasteiger partial charge in [-0.25, -0.2) is 4.79 Å². The molecule has 0 aromatic heterocycles. The fourth-order valence-corrected chi connectivity index (χ4v) is 2.29. The second-order valence-electron chi connectivity index (χ2n) is 4.55. The highest BCUT2D eigenvalue weighted by molar-refractivity contribution is 6.31. The average Bonchev–Trinajstić information content (AvgIpc) is 2.59. The van der Waals surface area contributed by atoms with Crippen molar-refractivity contribution in [3.8, 4) is 17.2 Å². The van der Waals surface area contributed by atoms with E-state index in [1.54, 1.807) is 24.3 Å². The van der Waals surface area contributed by atoms with E-state index in [1.807, 2.05) is 12.1 Å². The van der Waals surface area contributed by atoms with Crippen LogP contribution >= 0.6 is 11.6 Å². The number of carbonyl (C=O) groups is 1. The molecule has 0 heterocycles. The third-order valence-electron chi connectivity index (χ3n) is 3.24. The highest BCUT2D eigenvalue weighted by atomic mass is 35.5. The number of hydrogen-bond acceptors (Lipinski definition) is 5. The van der Waals surface area contributed by atoms with Crippen molar-refractivity contribution >= 4 is 17.6 Å². The lowest BCUT2D eigenvalue weighted by Crippen LogP contribution is -2.09. The first-order chi connectivity index (χ1) is 11.1. The quantitative estimate of drug-likeness (QED) is 0.752. The van der Waals surface area contributed by atoms with Crippen LogP contribution in [0.2, 0.25) is 5.02 Å². The highest BCUT2D eigenvalue weighted by Gasteiger charge is 2.21. The molecule has 5 nitrogen and oxygen atoms in total. The molecule has 0 N–H and O–H groups in total. The van der Waals surface area contributed by atoms with E-state index in [0.29, 0.717) is 16.5 Å². The van der Waals surface area contributed by atoms with Crippen LogP contribution in [0.3, 0.4) is 0 Å². The second-order valence-corrected chi connectivity index (χ2v) is 4.96. The summed E-state index contributed by atoms with van der Waals surface area (Å²) in [6.07, 6.45) is 0. The summed E-state index contributed by atoms with van der Waals surface area (Å²) in [5.74, 6) is 0.521. The molecule has 0 aliphatic heterocycles. The normalized spacial score (nSPS) is 10.1. The van der Waals surface area contributed by atoms with Gasteiger partial charge in [-0.15, -0.1) is 0 Å². The Labute approximate surface area is 139 Å². The first-order valence-corrected chi connectivity index (χ1v) is 7.19. The van der Waals surface area contributed by atoms with Crippen molar-refractivity contribution in [1.82, 2.24) is 0 Å². The Kier molecular flexibility index (Phi) is 5.71. The smallest absolute Gasteiger partial charge is 0.342 e. The zero-order valence-corrected chi connectivity index (χ0v) is 13.8. The van der Waals surface area contributed by atoms with Crippen LogP contribution in [0.5, 0.6) is 17.2 Å². The molecule has 0 radical (unpaired) electrons. The van der Waals surface area contributed by atoms with E-state index < -0.39 is 5.97 Å². The monoisotopic (exact) mass is 336 g/mol. The number of rotatable bonds is 6. The van der Waals surface area contributed by atoms with Gasteiger partial charge in [0, 0.05) is 10.6 Å². The molecule has 2 aromatic carbocycles. The molecule has 2 aromatic rings. The van der Waals surface area contributed by atoms with Gasteiger partial charge in [-0.3, -0.25) is 0 Å². The Bertz CT molecular complexity index is 699. The maximum Gasteiger partial charge on any atom is 0.342 e. The largest absolute Gasteiger partial charge is 0.493 e. The molecule has 0 amide bonds. The topological polar surface area (TPSA) is 54.0 Å². The van der Waals surface area contributed by atoms with Crippen LogP contribution in [0.4, 0.5) is 0 Å². The van der Waals surface area contributed by atoms with E-state index in [2.05, 4.69) is 0 Å². The van der Waals surface area contributed by atoms with Gasteiger partial charge in [0.15, 0.2) is 11.5 Å². The third-order valence-corrected chi connectivity index (χ3v) is 3.61. The van der Waals surface area contributed by atoms with Crippen molar-refractivity contribution in [1.29, 1.82) is 0 Å². The number of halogens is 1. The summed E-state index contributed by atoms with van der Waals surface area (Å²) in [4.78, 5) is 12.3. The first-order valence-electron chi connectivity index (χ1n) is 6.81. The second kappa shape index (κ2) is 7.74. The van der Waals surface area contributed by atoms with Gasteiger partial charge in [0.25, 0.3) is 0 Å². The maximum atomic E-state index is 12.3. The lowest BCUT2D eigenvalue weighted by molar-refractivity contribution is 0.0468. The molecule has 0 saturated heterocycles. The molecule has 0 atom stereocenters. The van der Waals surface area contributed by atoms with E-state index in [-0.39, 0.29) is 17.9 Å².